The van der Waals surface area contributed by atoms with Crippen LogP contribution in [-0.4, -0.2) is 53.2 Å². The van der Waals surface area contributed by atoms with Crippen LogP contribution in [0.1, 0.15) is 48.8 Å². The van der Waals surface area contributed by atoms with Crippen molar-refractivity contribution in [1.29, 1.82) is 0 Å². The zero-order valence-corrected chi connectivity index (χ0v) is 21.9. The number of likely N-dealkylation sites (tertiary alicyclic amines) is 1. The van der Waals surface area contributed by atoms with Gasteiger partial charge < -0.3 is 10.2 Å². The minimum absolute atomic E-state index is 0.159. The van der Waals surface area contributed by atoms with Crippen LogP contribution in [0.15, 0.2) is 83.8 Å². The first-order chi connectivity index (χ1) is 17.0. The van der Waals surface area contributed by atoms with Gasteiger partial charge in [0.15, 0.2) is 0 Å². The Morgan fingerprint density at radius 3 is 1.97 bits per heavy atom. The summed E-state index contributed by atoms with van der Waals surface area (Å²) < 4.78 is 0. The molecular formula is C31H39NO2S. The summed E-state index contributed by atoms with van der Waals surface area (Å²) in [5.74, 6) is 1.43. The summed E-state index contributed by atoms with van der Waals surface area (Å²) in [7, 11) is -0.915. The normalized spacial score (nSPS) is 16.1. The van der Waals surface area contributed by atoms with Gasteiger partial charge in [-0.25, -0.2) is 10.0 Å². The Balaban J connectivity index is 1.74. The highest BCUT2D eigenvalue weighted by Gasteiger charge is 2.21. The molecular weight excluding hydrogens is 450 g/mol. The van der Waals surface area contributed by atoms with Gasteiger partial charge in [0, 0.05) is 12.5 Å². The minimum atomic E-state index is -0.915. The van der Waals surface area contributed by atoms with E-state index in [4.69, 9.17) is 0 Å². The molecule has 1 saturated heterocycles. The monoisotopic (exact) mass is 489 g/mol. The summed E-state index contributed by atoms with van der Waals surface area (Å²) in [4.78, 5) is 4.09. The van der Waals surface area contributed by atoms with E-state index in [1.54, 1.807) is 12.1 Å². The lowest BCUT2D eigenvalue weighted by molar-refractivity contribution is 0.265. The second-order valence-electron chi connectivity index (χ2n) is 9.96. The fourth-order valence-electron chi connectivity index (χ4n) is 5.06. The Hall–Kier alpha value is -2.53. The van der Waals surface area contributed by atoms with E-state index in [1.165, 1.54) is 65.4 Å². The van der Waals surface area contributed by atoms with E-state index >= 15 is 0 Å². The van der Waals surface area contributed by atoms with Crippen LogP contribution >= 0.6 is 10.0 Å². The van der Waals surface area contributed by atoms with Crippen molar-refractivity contribution < 1.29 is 10.2 Å². The lowest BCUT2D eigenvalue weighted by atomic mass is 9.87. The molecule has 0 aliphatic carbocycles. The molecule has 2 N–H and O–H groups in total. The maximum Gasteiger partial charge on any atom is 0.115 e. The number of nitrogens with zero attached hydrogens (tertiary/aromatic N) is 1. The van der Waals surface area contributed by atoms with Crippen molar-refractivity contribution in [3.8, 4) is 5.75 Å². The van der Waals surface area contributed by atoms with Crippen LogP contribution in [0.5, 0.6) is 5.75 Å². The molecule has 0 aromatic heterocycles. The van der Waals surface area contributed by atoms with Gasteiger partial charge in [-0.3, -0.25) is 4.90 Å². The maximum absolute atomic E-state index is 9.92. The minimum Gasteiger partial charge on any atom is -0.508 e. The number of allylic oxidation sites excluding steroid dienone is 1. The topological polar surface area (TPSA) is 43.7 Å². The molecule has 1 aliphatic rings. The van der Waals surface area contributed by atoms with Gasteiger partial charge in [0.25, 0.3) is 0 Å². The maximum atomic E-state index is 9.92. The Labute approximate surface area is 212 Å². The lowest BCUT2D eigenvalue weighted by Crippen LogP contribution is -2.32. The highest BCUT2D eigenvalue weighted by Crippen LogP contribution is 2.50. The van der Waals surface area contributed by atoms with Gasteiger partial charge in [0.05, 0.1) is 0 Å². The standard InChI is InChI=1S/C31H39NO2S/c1-35(2,24-32-21-7-4-8-22-32)29-19-15-27(16-20-29)31(26-13-17-28(34)18-14-26)30(12-9-23-33)25-10-5-3-6-11-25/h3,5-6,10-11,13-20,33-34H,4,7-9,12,21-24H2,1-2H3/b31-30-. The van der Waals surface area contributed by atoms with Crippen LogP contribution in [0, 0.1) is 0 Å². The van der Waals surface area contributed by atoms with E-state index in [1.807, 2.05) is 18.2 Å². The summed E-state index contributed by atoms with van der Waals surface area (Å²) in [6, 6.07) is 27.1. The number of benzene rings is 3. The van der Waals surface area contributed by atoms with Crippen LogP contribution in [0.4, 0.5) is 0 Å². The predicted octanol–water partition coefficient (Wildman–Crippen LogP) is 6.99. The molecule has 1 heterocycles. The number of piperidine rings is 1. The molecule has 0 spiro atoms. The molecule has 3 aromatic carbocycles. The molecule has 35 heavy (non-hydrogen) atoms. The highest BCUT2D eigenvalue weighted by molar-refractivity contribution is 8.32. The summed E-state index contributed by atoms with van der Waals surface area (Å²) in [5, 5.41) is 19.5. The summed E-state index contributed by atoms with van der Waals surface area (Å²) >= 11 is 0. The second-order valence-corrected chi connectivity index (χ2v) is 13.8. The van der Waals surface area contributed by atoms with Gasteiger partial charge in [-0.1, -0.05) is 61.0 Å². The van der Waals surface area contributed by atoms with E-state index in [9.17, 15) is 10.2 Å². The van der Waals surface area contributed by atoms with Crippen LogP contribution in [0.25, 0.3) is 11.1 Å². The molecule has 3 aromatic rings. The van der Waals surface area contributed by atoms with Crippen LogP contribution < -0.4 is 0 Å². The summed E-state index contributed by atoms with van der Waals surface area (Å²) in [6.45, 7) is 2.62. The van der Waals surface area contributed by atoms with Crippen LogP contribution in [0.2, 0.25) is 0 Å². The quantitative estimate of drug-likeness (QED) is 0.318. The summed E-state index contributed by atoms with van der Waals surface area (Å²) in [5.41, 5.74) is 5.80. The van der Waals surface area contributed by atoms with Gasteiger partial charge in [0.2, 0.25) is 0 Å². The van der Waals surface area contributed by atoms with Crippen molar-refractivity contribution >= 4 is 21.2 Å². The first-order valence-electron chi connectivity index (χ1n) is 12.7. The number of phenols is 1. The van der Waals surface area contributed by atoms with Crippen LogP contribution in [-0.2, 0) is 0 Å². The van der Waals surface area contributed by atoms with Crippen molar-refractivity contribution in [2.45, 2.75) is 37.0 Å². The number of hydrogen-bond acceptors (Lipinski definition) is 3. The Morgan fingerprint density at radius 1 is 0.771 bits per heavy atom. The molecule has 0 unspecified atom stereocenters. The zero-order valence-electron chi connectivity index (χ0n) is 21.1. The molecule has 0 bridgehead atoms. The van der Waals surface area contributed by atoms with E-state index in [2.05, 4.69) is 65.9 Å². The number of rotatable bonds is 9. The first kappa shape index (κ1) is 25.6. The molecule has 0 saturated carbocycles. The molecule has 1 fully saturated rings. The molecule has 1 aliphatic heterocycles. The number of phenolic OH excluding ortho intramolecular Hbond substituents is 1. The Morgan fingerprint density at radius 2 is 1.37 bits per heavy atom. The highest BCUT2D eigenvalue weighted by atomic mass is 32.3. The van der Waals surface area contributed by atoms with Gasteiger partial charge in [-0.05, 0) is 108 Å². The number of aliphatic hydroxyl groups excluding tert-OH is 1. The lowest BCUT2D eigenvalue weighted by Gasteiger charge is -2.39. The molecule has 186 valence electrons. The molecule has 0 atom stereocenters. The first-order valence-corrected chi connectivity index (χ1v) is 15.3. The zero-order chi connectivity index (χ0) is 24.7. The van der Waals surface area contributed by atoms with Crippen molar-refractivity contribution in [3.63, 3.8) is 0 Å². The van der Waals surface area contributed by atoms with E-state index in [0.717, 1.165) is 12.0 Å². The third-order valence-corrected chi connectivity index (χ3v) is 9.46. The smallest absolute Gasteiger partial charge is 0.115 e. The second kappa shape index (κ2) is 11.9. The molecule has 4 rings (SSSR count). The van der Waals surface area contributed by atoms with Crippen molar-refractivity contribution in [2.24, 2.45) is 0 Å². The SMILES string of the molecule is CS(C)(CN1CCCCC1)c1ccc(/C(=C(/CCCO)c2ccccc2)c2ccc(O)cc2)cc1. The average Bonchev–Trinajstić information content (AvgIpc) is 2.88. The van der Waals surface area contributed by atoms with Crippen molar-refractivity contribution in [3.05, 3.63) is 95.6 Å². The third kappa shape index (κ3) is 6.58. The Kier molecular flexibility index (Phi) is 8.72. The summed E-state index contributed by atoms with van der Waals surface area (Å²) in [6.07, 6.45) is 10.4. The van der Waals surface area contributed by atoms with Crippen LogP contribution in [0.3, 0.4) is 0 Å². The fraction of sp³-hybridized carbons (Fsp3) is 0.355. The van der Waals surface area contributed by atoms with E-state index < -0.39 is 10.0 Å². The van der Waals surface area contributed by atoms with Gasteiger partial charge in [-0.2, -0.15) is 0 Å². The third-order valence-electron chi connectivity index (χ3n) is 6.90. The predicted molar refractivity (Wildman–Crippen MR) is 151 cm³/mol. The number of aromatic hydroxyl groups is 1. The Bertz CT molecular complexity index is 1100. The van der Waals surface area contributed by atoms with Gasteiger partial charge in [0.1, 0.15) is 5.75 Å². The van der Waals surface area contributed by atoms with Gasteiger partial charge >= 0.3 is 0 Å². The number of aliphatic hydroxyl groups is 1. The van der Waals surface area contributed by atoms with Crippen molar-refractivity contribution in [2.75, 3.05) is 38.1 Å². The fourth-order valence-corrected chi connectivity index (χ4v) is 7.25. The molecule has 4 heteroatoms. The van der Waals surface area contributed by atoms with E-state index in [-0.39, 0.29) is 12.4 Å². The molecule has 0 radical (unpaired) electrons. The largest absolute Gasteiger partial charge is 0.508 e. The molecule has 0 amide bonds. The van der Waals surface area contributed by atoms with E-state index in [0.29, 0.717) is 6.42 Å². The average molecular weight is 490 g/mol. The van der Waals surface area contributed by atoms with Crippen molar-refractivity contribution in [1.82, 2.24) is 4.90 Å². The number of hydrogen-bond donors (Lipinski definition) is 2. The van der Waals surface area contributed by atoms with Gasteiger partial charge in [-0.15, -0.1) is 0 Å². The molecule has 3 nitrogen and oxygen atoms in total.